The van der Waals surface area contributed by atoms with Crippen LogP contribution in [-0.2, 0) is 12.8 Å². The molecule has 0 bridgehead atoms. The monoisotopic (exact) mass is 205 g/mol. The van der Waals surface area contributed by atoms with E-state index in [1.165, 1.54) is 43.2 Å². The molecule has 1 heteroatoms. The van der Waals surface area contributed by atoms with Crippen LogP contribution in [0, 0.1) is 0 Å². The Bertz CT molecular complexity index is 251. The van der Waals surface area contributed by atoms with E-state index in [-0.39, 0.29) is 0 Å². The van der Waals surface area contributed by atoms with E-state index in [1.807, 2.05) is 0 Å². The van der Waals surface area contributed by atoms with Crippen LogP contribution < -0.4 is 5.73 Å². The molecular formula is C14H23N. The second kappa shape index (κ2) is 7.47. The molecule has 1 aromatic carbocycles. The van der Waals surface area contributed by atoms with Gasteiger partial charge in [-0.3, -0.25) is 0 Å². The number of unbranched alkanes of at least 4 members (excludes halogenated alkanes) is 2. The SMILES string of the molecule is CCCCc1ccc(CCCCN)cc1. The molecular weight excluding hydrogens is 182 g/mol. The second-order valence-corrected chi connectivity index (χ2v) is 4.17. The zero-order valence-corrected chi connectivity index (χ0v) is 9.84. The first-order valence-electron chi connectivity index (χ1n) is 6.14. The zero-order chi connectivity index (χ0) is 10.9. The highest BCUT2D eigenvalue weighted by molar-refractivity contribution is 5.22. The molecule has 0 aliphatic carbocycles. The van der Waals surface area contributed by atoms with Crippen LogP contribution >= 0.6 is 0 Å². The molecule has 0 aliphatic rings. The Labute approximate surface area is 93.7 Å². The largest absolute Gasteiger partial charge is 0.330 e. The molecule has 0 aromatic heterocycles. The van der Waals surface area contributed by atoms with Crippen molar-refractivity contribution in [2.75, 3.05) is 6.54 Å². The number of benzene rings is 1. The van der Waals surface area contributed by atoms with Gasteiger partial charge in [-0.2, -0.15) is 0 Å². The lowest BCUT2D eigenvalue weighted by Crippen LogP contribution is -1.99. The van der Waals surface area contributed by atoms with Gasteiger partial charge in [0.15, 0.2) is 0 Å². The molecule has 0 aliphatic heterocycles. The van der Waals surface area contributed by atoms with Crippen molar-refractivity contribution in [3.05, 3.63) is 35.4 Å². The van der Waals surface area contributed by atoms with Crippen molar-refractivity contribution in [3.8, 4) is 0 Å². The first-order chi connectivity index (χ1) is 7.36. The van der Waals surface area contributed by atoms with Crippen molar-refractivity contribution in [1.82, 2.24) is 0 Å². The molecule has 0 fully saturated rings. The van der Waals surface area contributed by atoms with Gasteiger partial charge in [0.25, 0.3) is 0 Å². The summed E-state index contributed by atoms with van der Waals surface area (Å²) < 4.78 is 0. The highest BCUT2D eigenvalue weighted by Crippen LogP contribution is 2.10. The standard InChI is InChI=1S/C14H23N/c1-2-3-6-13-8-10-14(11-9-13)7-4-5-12-15/h8-11H,2-7,12,15H2,1H3. The van der Waals surface area contributed by atoms with Crippen molar-refractivity contribution in [1.29, 1.82) is 0 Å². The van der Waals surface area contributed by atoms with Crippen molar-refractivity contribution >= 4 is 0 Å². The molecule has 0 spiro atoms. The van der Waals surface area contributed by atoms with E-state index in [1.54, 1.807) is 0 Å². The Morgan fingerprint density at radius 1 is 0.867 bits per heavy atom. The summed E-state index contributed by atoms with van der Waals surface area (Å²) in [6.45, 7) is 3.05. The summed E-state index contributed by atoms with van der Waals surface area (Å²) in [5, 5.41) is 0. The summed E-state index contributed by atoms with van der Waals surface area (Å²) in [5.74, 6) is 0. The molecule has 1 aromatic rings. The third kappa shape index (κ3) is 4.98. The Hall–Kier alpha value is -0.820. The quantitative estimate of drug-likeness (QED) is 0.679. The van der Waals surface area contributed by atoms with Crippen LogP contribution in [0.15, 0.2) is 24.3 Å². The Balaban J connectivity index is 2.35. The van der Waals surface area contributed by atoms with Crippen molar-refractivity contribution in [3.63, 3.8) is 0 Å². The van der Waals surface area contributed by atoms with Gasteiger partial charge in [-0.1, -0.05) is 37.6 Å². The van der Waals surface area contributed by atoms with Gasteiger partial charge in [-0.05, 0) is 49.8 Å². The predicted molar refractivity (Wildman–Crippen MR) is 67.0 cm³/mol. The van der Waals surface area contributed by atoms with Gasteiger partial charge >= 0.3 is 0 Å². The first-order valence-corrected chi connectivity index (χ1v) is 6.14. The third-order valence-corrected chi connectivity index (χ3v) is 2.76. The lowest BCUT2D eigenvalue weighted by Gasteiger charge is -2.03. The van der Waals surface area contributed by atoms with Gasteiger partial charge in [-0.15, -0.1) is 0 Å². The fourth-order valence-electron chi connectivity index (χ4n) is 1.73. The molecule has 0 saturated heterocycles. The van der Waals surface area contributed by atoms with E-state index in [0.29, 0.717) is 0 Å². The molecule has 1 rings (SSSR count). The minimum Gasteiger partial charge on any atom is -0.330 e. The van der Waals surface area contributed by atoms with Crippen molar-refractivity contribution < 1.29 is 0 Å². The molecule has 84 valence electrons. The molecule has 0 atom stereocenters. The fraction of sp³-hybridized carbons (Fsp3) is 0.571. The van der Waals surface area contributed by atoms with Gasteiger partial charge in [0.2, 0.25) is 0 Å². The molecule has 0 radical (unpaired) electrons. The topological polar surface area (TPSA) is 26.0 Å². The third-order valence-electron chi connectivity index (χ3n) is 2.76. The van der Waals surface area contributed by atoms with Crippen LogP contribution in [0.4, 0.5) is 0 Å². The molecule has 1 nitrogen and oxygen atoms in total. The van der Waals surface area contributed by atoms with Crippen LogP contribution in [0.5, 0.6) is 0 Å². The van der Waals surface area contributed by atoms with Crippen LogP contribution in [0.3, 0.4) is 0 Å². The van der Waals surface area contributed by atoms with Gasteiger partial charge in [0, 0.05) is 0 Å². The van der Waals surface area contributed by atoms with Crippen molar-refractivity contribution in [2.24, 2.45) is 5.73 Å². The minimum atomic E-state index is 0.814. The zero-order valence-electron chi connectivity index (χ0n) is 9.84. The Kier molecular flexibility index (Phi) is 6.10. The highest BCUT2D eigenvalue weighted by atomic mass is 14.5. The Morgan fingerprint density at radius 3 is 1.87 bits per heavy atom. The summed E-state index contributed by atoms with van der Waals surface area (Å²) in [5.41, 5.74) is 8.39. The number of hydrogen-bond acceptors (Lipinski definition) is 1. The summed E-state index contributed by atoms with van der Waals surface area (Å²) >= 11 is 0. The maximum absolute atomic E-state index is 5.47. The van der Waals surface area contributed by atoms with E-state index in [0.717, 1.165) is 13.0 Å². The second-order valence-electron chi connectivity index (χ2n) is 4.17. The van der Waals surface area contributed by atoms with E-state index >= 15 is 0 Å². The van der Waals surface area contributed by atoms with Crippen molar-refractivity contribution in [2.45, 2.75) is 45.4 Å². The van der Waals surface area contributed by atoms with Crippen LogP contribution in [0.25, 0.3) is 0 Å². The molecule has 0 saturated carbocycles. The van der Waals surface area contributed by atoms with E-state index in [9.17, 15) is 0 Å². The normalized spacial score (nSPS) is 10.5. The van der Waals surface area contributed by atoms with Crippen LogP contribution in [0.2, 0.25) is 0 Å². The first kappa shape index (κ1) is 12.3. The van der Waals surface area contributed by atoms with Gasteiger partial charge in [-0.25, -0.2) is 0 Å². The maximum atomic E-state index is 5.47. The molecule has 0 amide bonds. The van der Waals surface area contributed by atoms with Gasteiger partial charge in [0.05, 0.1) is 0 Å². The molecule has 15 heavy (non-hydrogen) atoms. The van der Waals surface area contributed by atoms with Gasteiger partial charge < -0.3 is 5.73 Å². The molecule has 0 heterocycles. The number of hydrogen-bond donors (Lipinski definition) is 1. The summed E-state index contributed by atoms with van der Waals surface area (Å²) in [6.07, 6.45) is 7.32. The predicted octanol–water partition coefficient (Wildman–Crippen LogP) is 3.31. The van der Waals surface area contributed by atoms with Crippen LogP contribution in [-0.4, -0.2) is 6.54 Å². The van der Waals surface area contributed by atoms with Crippen LogP contribution in [0.1, 0.15) is 43.7 Å². The average Bonchev–Trinajstić information content (AvgIpc) is 2.28. The summed E-state index contributed by atoms with van der Waals surface area (Å²) in [6, 6.07) is 9.07. The highest BCUT2D eigenvalue weighted by Gasteiger charge is 1.95. The number of aryl methyl sites for hydroxylation is 2. The average molecular weight is 205 g/mol. The molecule has 0 unspecified atom stereocenters. The summed E-state index contributed by atoms with van der Waals surface area (Å²) in [4.78, 5) is 0. The number of nitrogens with two attached hydrogens (primary N) is 1. The minimum absolute atomic E-state index is 0.814. The lowest BCUT2D eigenvalue weighted by atomic mass is 10.0. The Morgan fingerprint density at radius 2 is 1.40 bits per heavy atom. The fourth-order valence-corrected chi connectivity index (χ4v) is 1.73. The van der Waals surface area contributed by atoms with E-state index in [4.69, 9.17) is 5.73 Å². The van der Waals surface area contributed by atoms with Gasteiger partial charge in [0.1, 0.15) is 0 Å². The van der Waals surface area contributed by atoms with E-state index < -0.39 is 0 Å². The summed E-state index contributed by atoms with van der Waals surface area (Å²) in [7, 11) is 0. The lowest BCUT2D eigenvalue weighted by molar-refractivity contribution is 0.744. The number of rotatable bonds is 7. The maximum Gasteiger partial charge on any atom is -0.00772 e. The van der Waals surface area contributed by atoms with E-state index in [2.05, 4.69) is 31.2 Å². The molecule has 2 N–H and O–H groups in total. The smallest absolute Gasteiger partial charge is 0.00772 e.